The Morgan fingerprint density at radius 3 is 2.32 bits per heavy atom. The van der Waals surface area contributed by atoms with Crippen molar-refractivity contribution in [2.24, 2.45) is 5.92 Å². The van der Waals surface area contributed by atoms with Gasteiger partial charge in [0, 0.05) is 26.8 Å². The van der Waals surface area contributed by atoms with Gasteiger partial charge in [-0.15, -0.1) is 0 Å². The summed E-state index contributed by atoms with van der Waals surface area (Å²) in [7, 11) is 1.67. The Hall–Kier alpha value is -1.79. The van der Waals surface area contributed by atoms with Crippen LogP contribution in [0.15, 0.2) is 24.3 Å². The van der Waals surface area contributed by atoms with Gasteiger partial charge in [-0.3, -0.25) is 4.79 Å². The first-order valence-corrected chi connectivity index (χ1v) is 8.93. The number of hydrogen-bond donors (Lipinski definition) is 0. The minimum atomic E-state index is 0.0348. The van der Waals surface area contributed by atoms with Gasteiger partial charge < -0.3 is 23.8 Å². The predicted molar refractivity (Wildman–Crippen MR) is 95.1 cm³/mol. The summed E-state index contributed by atoms with van der Waals surface area (Å²) in [5.41, 5.74) is 0. The van der Waals surface area contributed by atoms with Crippen LogP contribution in [0.2, 0.25) is 0 Å². The lowest BCUT2D eigenvalue weighted by molar-refractivity contribution is -0.135. The minimum Gasteiger partial charge on any atom is -0.494 e. The van der Waals surface area contributed by atoms with Gasteiger partial charge >= 0.3 is 0 Å². The summed E-state index contributed by atoms with van der Waals surface area (Å²) >= 11 is 0. The number of benzene rings is 1. The van der Waals surface area contributed by atoms with Gasteiger partial charge in [0.15, 0.2) is 6.61 Å². The molecule has 1 fully saturated rings. The molecule has 0 N–H and O–H groups in total. The van der Waals surface area contributed by atoms with Crippen molar-refractivity contribution < 1.29 is 23.7 Å². The third-order valence-electron chi connectivity index (χ3n) is 4.25. The first-order chi connectivity index (χ1) is 12.2. The SMILES string of the molecule is CCOc1ccc(OCC(=O)N2CCC(COCCOC)CC2)cc1. The van der Waals surface area contributed by atoms with Crippen LogP contribution >= 0.6 is 0 Å². The summed E-state index contributed by atoms with van der Waals surface area (Å²) in [6.07, 6.45) is 1.95. The minimum absolute atomic E-state index is 0.0348. The summed E-state index contributed by atoms with van der Waals surface area (Å²) in [6, 6.07) is 7.33. The first kappa shape index (κ1) is 19.5. The molecule has 0 aliphatic carbocycles. The van der Waals surface area contributed by atoms with Crippen LogP contribution in [0, 0.1) is 5.92 Å². The highest BCUT2D eigenvalue weighted by molar-refractivity contribution is 5.77. The maximum absolute atomic E-state index is 12.3. The van der Waals surface area contributed by atoms with E-state index in [1.165, 1.54) is 0 Å². The molecular formula is C19H29NO5. The molecule has 1 aromatic carbocycles. The van der Waals surface area contributed by atoms with E-state index in [1.54, 1.807) is 7.11 Å². The predicted octanol–water partition coefficient (Wildman–Crippen LogP) is 2.37. The molecule has 6 heteroatoms. The van der Waals surface area contributed by atoms with Crippen molar-refractivity contribution in [3.05, 3.63) is 24.3 Å². The number of amides is 1. The molecule has 0 radical (unpaired) electrons. The summed E-state index contributed by atoms with van der Waals surface area (Å²) in [5.74, 6) is 2.04. The van der Waals surface area contributed by atoms with Crippen LogP contribution in [-0.2, 0) is 14.3 Å². The van der Waals surface area contributed by atoms with E-state index in [2.05, 4.69) is 0 Å². The van der Waals surface area contributed by atoms with E-state index >= 15 is 0 Å². The zero-order valence-electron chi connectivity index (χ0n) is 15.2. The van der Waals surface area contributed by atoms with Crippen molar-refractivity contribution in [3.8, 4) is 11.5 Å². The number of rotatable bonds is 10. The summed E-state index contributed by atoms with van der Waals surface area (Å²) in [5, 5.41) is 0. The molecule has 25 heavy (non-hydrogen) atoms. The fourth-order valence-electron chi connectivity index (χ4n) is 2.78. The third kappa shape index (κ3) is 6.92. The molecule has 0 saturated carbocycles. The van der Waals surface area contributed by atoms with E-state index < -0.39 is 0 Å². The highest BCUT2D eigenvalue weighted by atomic mass is 16.5. The average molecular weight is 351 g/mol. The van der Waals surface area contributed by atoms with Crippen LogP contribution in [0.1, 0.15) is 19.8 Å². The number of likely N-dealkylation sites (tertiary alicyclic amines) is 1. The Balaban J connectivity index is 1.65. The first-order valence-electron chi connectivity index (χ1n) is 8.93. The van der Waals surface area contributed by atoms with Gasteiger partial charge in [0.2, 0.25) is 0 Å². The number of ether oxygens (including phenoxy) is 4. The van der Waals surface area contributed by atoms with Gasteiger partial charge in [-0.25, -0.2) is 0 Å². The van der Waals surface area contributed by atoms with Crippen LogP contribution in [-0.4, -0.2) is 64.0 Å². The second-order valence-electron chi connectivity index (χ2n) is 6.08. The van der Waals surface area contributed by atoms with E-state index in [-0.39, 0.29) is 12.5 Å². The number of piperidine rings is 1. The van der Waals surface area contributed by atoms with Gasteiger partial charge in [0.1, 0.15) is 11.5 Å². The van der Waals surface area contributed by atoms with Crippen molar-refractivity contribution in [2.45, 2.75) is 19.8 Å². The molecule has 0 unspecified atom stereocenters. The van der Waals surface area contributed by atoms with Gasteiger partial charge in [0.05, 0.1) is 19.8 Å². The lowest BCUT2D eigenvalue weighted by Crippen LogP contribution is -2.41. The molecule has 0 bridgehead atoms. The molecule has 1 aliphatic heterocycles. The van der Waals surface area contributed by atoms with Crippen molar-refractivity contribution >= 4 is 5.91 Å². The summed E-state index contributed by atoms with van der Waals surface area (Å²) in [4.78, 5) is 14.2. The zero-order valence-corrected chi connectivity index (χ0v) is 15.2. The van der Waals surface area contributed by atoms with Crippen LogP contribution in [0.5, 0.6) is 11.5 Å². The molecule has 1 heterocycles. The van der Waals surface area contributed by atoms with E-state index in [9.17, 15) is 4.79 Å². The standard InChI is InChI=1S/C19H29NO5/c1-3-24-17-4-6-18(7-5-17)25-15-19(21)20-10-8-16(9-11-20)14-23-13-12-22-2/h4-7,16H,3,8-15H2,1-2H3. The van der Waals surface area contributed by atoms with Crippen molar-refractivity contribution in [2.75, 3.05) is 53.2 Å². The molecule has 140 valence electrons. The van der Waals surface area contributed by atoms with Crippen LogP contribution in [0.3, 0.4) is 0 Å². The van der Waals surface area contributed by atoms with Gasteiger partial charge in [-0.05, 0) is 49.9 Å². The van der Waals surface area contributed by atoms with E-state index in [0.717, 1.165) is 38.3 Å². The Morgan fingerprint density at radius 1 is 1.08 bits per heavy atom. The topological polar surface area (TPSA) is 57.2 Å². The van der Waals surface area contributed by atoms with E-state index in [0.29, 0.717) is 31.5 Å². The number of nitrogens with zero attached hydrogens (tertiary/aromatic N) is 1. The highest BCUT2D eigenvalue weighted by Gasteiger charge is 2.23. The molecule has 1 saturated heterocycles. The number of hydrogen-bond acceptors (Lipinski definition) is 5. The van der Waals surface area contributed by atoms with Crippen LogP contribution < -0.4 is 9.47 Å². The van der Waals surface area contributed by atoms with Crippen molar-refractivity contribution in [1.29, 1.82) is 0 Å². The lowest BCUT2D eigenvalue weighted by atomic mass is 9.98. The van der Waals surface area contributed by atoms with Crippen LogP contribution in [0.4, 0.5) is 0 Å². The normalized spacial score (nSPS) is 15.2. The van der Waals surface area contributed by atoms with Crippen LogP contribution in [0.25, 0.3) is 0 Å². The third-order valence-corrected chi connectivity index (χ3v) is 4.25. The Bertz CT molecular complexity index is 497. The number of carbonyl (C=O) groups excluding carboxylic acids is 1. The molecule has 0 atom stereocenters. The van der Waals surface area contributed by atoms with Gasteiger partial charge in [-0.1, -0.05) is 0 Å². The smallest absolute Gasteiger partial charge is 0.260 e. The second-order valence-corrected chi connectivity index (χ2v) is 6.08. The largest absolute Gasteiger partial charge is 0.494 e. The Morgan fingerprint density at radius 2 is 1.72 bits per heavy atom. The number of methoxy groups -OCH3 is 1. The fraction of sp³-hybridized carbons (Fsp3) is 0.632. The summed E-state index contributed by atoms with van der Waals surface area (Å²) < 4.78 is 21.5. The molecule has 1 aliphatic rings. The molecule has 0 aromatic heterocycles. The Labute approximate surface area is 150 Å². The molecule has 2 rings (SSSR count). The van der Waals surface area contributed by atoms with Crippen molar-refractivity contribution in [3.63, 3.8) is 0 Å². The van der Waals surface area contributed by atoms with Gasteiger partial charge in [0.25, 0.3) is 5.91 Å². The lowest BCUT2D eigenvalue weighted by Gasteiger charge is -2.31. The molecule has 1 aromatic rings. The molecule has 1 amide bonds. The number of carbonyl (C=O) groups is 1. The molecule has 0 spiro atoms. The monoisotopic (exact) mass is 351 g/mol. The van der Waals surface area contributed by atoms with E-state index in [1.807, 2.05) is 36.1 Å². The molecule has 6 nitrogen and oxygen atoms in total. The summed E-state index contributed by atoms with van der Waals surface area (Å²) in [6.45, 7) is 6.18. The quantitative estimate of drug-likeness (QED) is 0.606. The zero-order chi connectivity index (χ0) is 17.9. The fourth-order valence-corrected chi connectivity index (χ4v) is 2.78. The Kier molecular flexibility index (Phi) is 8.55. The average Bonchev–Trinajstić information content (AvgIpc) is 2.65. The maximum Gasteiger partial charge on any atom is 0.260 e. The second kappa shape index (κ2) is 10.9. The maximum atomic E-state index is 12.3. The molecular weight excluding hydrogens is 322 g/mol. The van der Waals surface area contributed by atoms with E-state index in [4.69, 9.17) is 18.9 Å². The van der Waals surface area contributed by atoms with Crippen molar-refractivity contribution in [1.82, 2.24) is 4.90 Å². The highest BCUT2D eigenvalue weighted by Crippen LogP contribution is 2.19. The van der Waals surface area contributed by atoms with Gasteiger partial charge in [-0.2, -0.15) is 0 Å².